The topological polar surface area (TPSA) is 135 Å². The minimum Gasteiger partial charge on any atom is -0.504 e. The standard InChI is InChI=1S/C9H10N4O5/c14-4-3-11-7(16)5(6(4)15)8(17)12-13-2-1-10-9(13)18/h3,14H,1-2H2,(H,10,18)(H,12,17)(H2,11,15,16). The molecule has 0 saturated carbocycles. The van der Waals surface area contributed by atoms with Gasteiger partial charge in [0.1, 0.15) is 0 Å². The summed E-state index contributed by atoms with van der Waals surface area (Å²) < 4.78 is 0. The Morgan fingerprint density at radius 2 is 2.11 bits per heavy atom. The van der Waals surface area contributed by atoms with Gasteiger partial charge in [-0.1, -0.05) is 0 Å². The maximum absolute atomic E-state index is 11.7. The lowest BCUT2D eigenvalue weighted by atomic mass is 10.2. The molecule has 1 aliphatic heterocycles. The molecular formula is C9H10N4O5. The second-order valence-corrected chi connectivity index (χ2v) is 3.55. The largest absolute Gasteiger partial charge is 0.504 e. The van der Waals surface area contributed by atoms with Crippen LogP contribution in [-0.2, 0) is 0 Å². The van der Waals surface area contributed by atoms with Gasteiger partial charge in [-0.2, -0.15) is 0 Å². The molecule has 5 N–H and O–H groups in total. The van der Waals surface area contributed by atoms with E-state index in [0.717, 1.165) is 11.2 Å². The fraction of sp³-hybridized carbons (Fsp3) is 0.222. The molecule has 0 aromatic carbocycles. The first-order valence-corrected chi connectivity index (χ1v) is 5.00. The monoisotopic (exact) mass is 254 g/mol. The number of amides is 3. The van der Waals surface area contributed by atoms with Crippen molar-refractivity contribution in [2.45, 2.75) is 0 Å². The molecule has 2 rings (SSSR count). The molecule has 3 amide bonds. The Hall–Kier alpha value is -2.71. The highest BCUT2D eigenvalue weighted by molar-refractivity contribution is 5.98. The van der Waals surface area contributed by atoms with Gasteiger partial charge < -0.3 is 20.5 Å². The molecule has 9 nitrogen and oxygen atoms in total. The van der Waals surface area contributed by atoms with Crippen molar-refractivity contribution >= 4 is 11.9 Å². The molecule has 1 aromatic rings. The van der Waals surface area contributed by atoms with E-state index in [4.69, 9.17) is 0 Å². The number of rotatable bonds is 2. The van der Waals surface area contributed by atoms with Crippen LogP contribution >= 0.6 is 0 Å². The molecule has 0 atom stereocenters. The average Bonchev–Trinajstić information content (AvgIpc) is 2.70. The molecule has 1 saturated heterocycles. The molecule has 0 unspecified atom stereocenters. The third-order valence-corrected chi connectivity index (χ3v) is 2.37. The van der Waals surface area contributed by atoms with E-state index in [2.05, 4.69) is 15.7 Å². The van der Waals surface area contributed by atoms with Gasteiger partial charge in [0.15, 0.2) is 17.1 Å². The van der Waals surface area contributed by atoms with Gasteiger partial charge in [0.05, 0.1) is 6.54 Å². The molecule has 0 spiro atoms. The van der Waals surface area contributed by atoms with Crippen LogP contribution in [0.2, 0.25) is 0 Å². The summed E-state index contributed by atoms with van der Waals surface area (Å²) in [5, 5.41) is 22.0. The number of urea groups is 1. The molecule has 1 fully saturated rings. The first-order chi connectivity index (χ1) is 8.50. The molecule has 0 radical (unpaired) electrons. The van der Waals surface area contributed by atoms with Crippen LogP contribution < -0.4 is 16.3 Å². The summed E-state index contributed by atoms with van der Waals surface area (Å²) in [6.45, 7) is 0.601. The number of nitrogens with one attached hydrogen (secondary N) is 3. The lowest BCUT2D eigenvalue weighted by Crippen LogP contribution is -2.45. The van der Waals surface area contributed by atoms with Crippen LogP contribution in [0.15, 0.2) is 11.0 Å². The van der Waals surface area contributed by atoms with E-state index < -0.39 is 34.6 Å². The number of carbonyl (C=O) groups excluding carboxylic acids is 2. The summed E-state index contributed by atoms with van der Waals surface area (Å²) in [6, 6.07) is -0.514. The lowest BCUT2D eigenvalue weighted by Gasteiger charge is -2.15. The van der Waals surface area contributed by atoms with Crippen LogP contribution in [0.5, 0.6) is 11.5 Å². The van der Waals surface area contributed by atoms with Crippen molar-refractivity contribution in [1.29, 1.82) is 0 Å². The third-order valence-electron chi connectivity index (χ3n) is 2.37. The number of aromatic nitrogens is 1. The number of carbonyl (C=O) groups is 2. The van der Waals surface area contributed by atoms with E-state index in [1.165, 1.54) is 0 Å². The molecule has 18 heavy (non-hydrogen) atoms. The van der Waals surface area contributed by atoms with Gasteiger partial charge in [-0.15, -0.1) is 0 Å². The van der Waals surface area contributed by atoms with Crippen LogP contribution in [0.1, 0.15) is 10.4 Å². The Morgan fingerprint density at radius 1 is 1.39 bits per heavy atom. The van der Waals surface area contributed by atoms with Crippen molar-refractivity contribution in [3.05, 3.63) is 22.1 Å². The molecule has 9 heteroatoms. The Kier molecular flexibility index (Phi) is 2.80. The maximum atomic E-state index is 11.7. The van der Waals surface area contributed by atoms with Crippen molar-refractivity contribution in [2.75, 3.05) is 13.1 Å². The number of aromatic amines is 1. The third kappa shape index (κ3) is 1.93. The summed E-state index contributed by atoms with van der Waals surface area (Å²) in [5.74, 6) is -2.46. The quantitative estimate of drug-likeness (QED) is 0.435. The summed E-state index contributed by atoms with van der Waals surface area (Å²) >= 11 is 0. The van der Waals surface area contributed by atoms with Crippen molar-refractivity contribution in [3.63, 3.8) is 0 Å². The molecular weight excluding hydrogens is 244 g/mol. The second-order valence-electron chi connectivity index (χ2n) is 3.55. The van der Waals surface area contributed by atoms with Crippen LogP contribution in [0.3, 0.4) is 0 Å². The Morgan fingerprint density at radius 3 is 2.72 bits per heavy atom. The zero-order valence-electron chi connectivity index (χ0n) is 9.06. The zero-order chi connectivity index (χ0) is 13.3. The molecule has 0 bridgehead atoms. The average molecular weight is 254 g/mol. The molecule has 1 aromatic heterocycles. The van der Waals surface area contributed by atoms with Crippen LogP contribution in [-0.4, -0.2) is 45.2 Å². The van der Waals surface area contributed by atoms with Gasteiger partial charge >= 0.3 is 6.03 Å². The first-order valence-electron chi connectivity index (χ1n) is 5.00. The van der Waals surface area contributed by atoms with Gasteiger partial charge in [-0.25, -0.2) is 9.80 Å². The van der Waals surface area contributed by atoms with Crippen LogP contribution in [0.25, 0.3) is 0 Å². The van der Waals surface area contributed by atoms with Crippen molar-refractivity contribution < 1.29 is 19.8 Å². The summed E-state index contributed by atoms with van der Waals surface area (Å²) in [7, 11) is 0. The highest BCUT2D eigenvalue weighted by Crippen LogP contribution is 2.24. The van der Waals surface area contributed by atoms with E-state index >= 15 is 0 Å². The normalized spacial score (nSPS) is 14.4. The molecule has 1 aliphatic rings. The van der Waals surface area contributed by atoms with Crippen molar-refractivity contribution in [3.8, 4) is 11.5 Å². The number of hydrogen-bond donors (Lipinski definition) is 5. The number of aromatic hydroxyl groups is 2. The lowest BCUT2D eigenvalue weighted by molar-refractivity contribution is 0.0847. The maximum Gasteiger partial charge on any atom is 0.336 e. The predicted octanol–water partition coefficient (Wildman–Crippen LogP) is -1.54. The number of H-pyrrole nitrogens is 1. The van der Waals surface area contributed by atoms with E-state index in [-0.39, 0.29) is 6.54 Å². The van der Waals surface area contributed by atoms with E-state index in [1.54, 1.807) is 0 Å². The van der Waals surface area contributed by atoms with Gasteiger partial charge in [0, 0.05) is 12.7 Å². The number of pyridine rings is 1. The van der Waals surface area contributed by atoms with E-state index in [0.29, 0.717) is 6.54 Å². The molecule has 2 heterocycles. The highest BCUT2D eigenvalue weighted by Gasteiger charge is 2.25. The van der Waals surface area contributed by atoms with E-state index in [9.17, 15) is 24.6 Å². The van der Waals surface area contributed by atoms with Gasteiger partial charge in [0.25, 0.3) is 11.5 Å². The summed E-state index contributed by atoms with van der Waals surface area (Å²) in [5.41, 5.74) is 0.615. The Balaban J connectivity index is 2.27. The SMILES string of the molecule is O=C(NN1CCNC1=O)c1c(O)c(O)c[nH]c1=O. The Labute approximate surface area is 100 Å². The fourth-order valence-electron chi connectivity index (χ4n) is 1.48. The van der Waals surface area contributed by atoms with Crippen LogP contribution in [0.4, 0.5) is 4.79 Å². The Bertz CT molecular complexity index is 567. The number of hydrazine groups is 1. The summed E-state index contributed by atoms with van der Waals surface area (Å²) in [6.07, 6.45) is 0.858. The van der Waals surface area contributed by atoms with Gasteiger partial charge in [-0.05, 0) is 0 Å². The van der Waals surface area contributed by atoms with Crippen molar-refractivity contribution in [1.82, 2.24) is 20.7 Å². The predicted molar refractivity (Wildman–Crippen MR) is 58.0 cm³/mol. The minimum absolute atomic E-state index is 0.238. The first kappa shape index (κ1) is 11.8. The second kappa shape index (κ2) is 4.28. The van der Waals surface area contributed by atoms with Gasteiger partial charge in [0.2, 0.25) is 0 Å². The fourth-order valence-corrected chi connectivity index (χ4v) is 1.48. The number of nitrogens with zero attached hydrogens (tertiary/aromatic N) is 1. The summed E-state index contributed by atoms with van der Waals surface area (Å²) in [4.78, 5) is 36.4. The molecule has 96 valence electrons. The smallest absolute Gasteiger partial charge is 0.336 e. The molecule has 0 aliphatic carbocycles. The minimum atomic E-state index is -0.985. The van der Waals surface area contributed by atoms with Gasteiger partial charge in [-0.3, -0.25) is 15.0 Å². The highest BCUT2D eigenvalue weighted by atomic mass is 16.3. The van der Waals surface area contributed by atoms with Crippen molar-refractivity contribution in [2.24, 2.45) is 0 Å². The van der Waals surface area contributed by atoms with E-state index in [1.807, 2.05) is 0 Å². The van der Waals surface area contributed by atoms with Crippen LogP contribution in [0, 0.1) is 0 Å². The number of hydrogen-bond acceptors (Lipinski definition) is 5. The zero-order valence-corrected chi connectivity index (χ0v) is 9.06.